The number of nitrogens with one attached hydrogen (secondary N) is 2. The summed E-state index contributed by atoms with van der Waals surface area (Å²) >= 11 is 1.32. The third-order valence-corrected chi connectivity index (χ3v) is 6.93. The van der Waals surface area contributed by atoms with Crippen LogP contribution >= 0.6 is 11.3 Å². The lowest BCUT2D eigenvalue weighted by atomic mass is 10.0. The number of aromatic nitrogens is 1. The van der Waals surface area contributed by atoms with Gasteiger partial charge in [-0.1, -0.05) is 11.3 Å². The topological polar surface area (TPSA) is 108 Å². The molecule has 0 bridgehead atoms. The first-order chi connectivity index (χ1) is 13.7. The van der Waals surface area contributed by atoms with Crippen molar-refractivity contribution in [2.75, 3.05) is 10.0 Å². The van der Waals surface area contributed by atoms with Gasteiger partial charge in [0.05, 0.1) is 21.8 Å². The van der Waals surface area contributed by atoms with Crippen molar-refractivity contribution in [1.29, 1.82) is 0 Å². The van der Waals surface area contributed by atoms with E-state index in [1.54, 1.807) is 6.07 Å². The molecule has 0 radical (unpaired) electrons. The Kier molecular flexibility index (Phi) is 5.07. The van der Waals surface area contributed by atoms with Crippen LogP contribution in [0.2, 0.25) is 0 Å². The molecule has 1 aromatic carbocycles. The molecule has 1 atom stereocenters. The van der Waals surface area contributed by atoms with Gasteiger partial charge in [0.25, 0.3) is 5.91 Å². The van der Waals surface area contributed by atoms with Crippen LogP contribution in [-0.2, 0) is 22.2 Å². The Morgan fingerprint density at radius 3 is 2.69 bits per heavy atom. The molecule has 1 fully saturated rings. The molecular formula is C19H22N4O4S2. The Labute approximate surface area is 174 Å². The van der Waals surface area contributed by atoms with E-state index in [0.29, 0.717) is 23.2 Å². The van der Waals surface area contributed by atoms with Crippen LogP contribution in [0, 0.1) is 12.8 Å². The van der Waals surface area contributed by atoms with E-state index in [9.17, 15) is 18.0 Å². The SMILES string of the molecule is CC(=O)Nc1nc(C)c(-c2cc3c(c(N[SH](=O)=O)c2)C(=O)N([C@@H](C)C2CC2)C3)s1. The third-order valence-electron chi connectivity index (χ3n) is 5.38. The number of carbonyl (C=O) groups excluding carboxylic acids is 2. The number of benzene rings is 1. The summed E-state index contributed by atoms with van der Waals surface area (Å²) in [6, 6.07) is 3.72. The highest BCUT2D eigenvalue weighted by molar-refractivity contribution is 7.73. The van der Waals surface area contributed by atoms with E-state index < -0.39 is 10.9 Å². The number of fused-ring (bicyclic) bond motifs is 1. The number of thiol groups is 1. The lowest BCUT2D eigenvalue weighted by Gasteiger charge is -2.24. The van der Waals surface area contributed by atoms with E-state index in [4.69, 9.17) is 0 Å². The number of anilines is 2. The summed E-state index contributed by atoms with van der Waals surface area (Å²) in [7, 11) is -2.92. The van der Waals surface area contributed by atoms with Gasteiger partial charge in [0.2, 0.25) is 16.8 Å². The second kappa shape index (κ2) is 7.42. The van der Waals surface area contributed by atoms with Crippen LogP contribution in [0.5, 0.6) is 0 Å². The molecule has 1 saturated carbocycles. The zero-order valence-electron chi connectivity index (χ0n) is 16.3. The molecule has 29 heavy (non-hydrogen) atoms. The van der Waals surface area contributed by atoms with Gasteiger partial charge in [-0.2, -0.15) is 0 Å². The zero-order valence-corrected chi connectivity index (χ0v) is 18.0. The lowest BCUT2D eigenvalue weighted by Crippen LogP contribution is -2.34. The predicted molar refractivity (Wildman–Crippen MR) is 113 cm³/mol. The lowest BCUT2D eigenvalue weighted by molar-refractivity contribution is -0.114. The molecule has 2 aromatic rings. The van der Waals surface area contributed by atoms with Crippen LogP contribution in [0.1, 0.15) is 48.3 Å². The molecule has 0 unspecified atom stereocenters. The normalized spacial score (nSPS) is 16.8. The molecule has 4 rings (SSSR count). The monoisotopic (exact) mass is 434 g/mol. The molecule has 0 spiro atoms. The quantitative estimate of drug-likeness (QED) is 0.606. The molecule has 1 aromatic heterocycles. The van der Waals surface area contributed by atoms with Crippen molar-refractivity contribution in [2.45, 2.75) is 46.2 Å². The largest absolute Gasteiger partial charge is 0.331 e. The average molecular weight is 435 g/mol. The Morgan fingerprint density at radius 1 is 1.34 bits per heavy atom. The molecule has 2 aliphatic rings. The van der Waals surface area contributed by atoms with Gasteiger partial charge in [-0.05, 0) is 55.9 Å². The number of carbonyl (C=O) groups is 2. The maximum Gasteiger partial charge on any atom is 0.256 e. The summed E-state index contributed by atoms with van der Waals surface area (Å²) in [5.41, 5.74) is 3.00. The highest BCUT2D eigenvalue weighted by Crippen LogP contribution is 2.42. The van der Waals surface area contributed by atoms with Crippen LogP contribution in [0.15, 0.2) is 12.1 Å². The summed E-state index contributed by atoms with van der Waals surface area (Å²) in [6.07, 6.45) is 2.24. The van der Waals surface area contributed by atoms with Crippen molar-refractivity contribution >= 4 is 44.9 Å². The third kappa shape index (κ3) is 3.86. The van der Waals surface area contributed by atoms with E-state index in [2.05, 4.69) is 21.9 Å². The molecule has 2 heterocycles. The number of nitrogens with zero attached hydrogens (tertiary/aromatic N) is 2. The Balaban J connectivity index is 1.77. The molecule has 1 aliphatic carbocycles. The fourth-order valence-electron chi connectivity index (χ4n) is 3.83. The summed E-state index contributed by atoms with van der Waals surface area (Å²) in [4.78, 5) is 31.4. The number of thiazole rings is 1. The van der Waals surface area contributed by atoms with Gasteiger partial charge < -0.3 is 10.2 Å². The summed E-state index contributed by atoms with van der Waals surface area (Å²) in [5, 5.41) is 3.16. The summed E-state index contributed by atoms with van der Waals surface area (Å²) in [6.45, 7) is 5.76. The predicted octanol–water partition coefficient (Wildman–Crippen LogP) is 2.77. The van der Waals surface area contributed by atoms with Crippen molar-refractivity contribution in [3.63, 3.8) is 0 Å². The van der Waals surface area contributed by atoms with E-state index in [1.165, 1.54) is 18.3 Å². The van der Waals surface area contributed by atoms with E-state index in [-0.39, 0.29) is 23.5 Å². The van der Waals surface area contributed by atoms with Gasteiger partial charge >= 0.3 is 0 Å². The number of rotatable bonds is 6. The van der Waals surface area contributed by atoms with Gasteiger partial charge in [0.1, 0.15) is 0 Å². The van der Waals surface area contributed by atoms with Crippen molar-refractivity contribution in [3.05, 3.63) is 29.0 Å². The first-order valence-electron chi connectivity index (χ1n) is 9.39. The van der Waals surface area contributed by atoms with Crippen molar-refractivity contribution in [2.24, 2.45) is 5.92 Å². The molecule has 154 valence electrons. The van der Waals surface area contributed by atoms with Gasteiger partial charge in [-0.15, -0.1) is 0 Å². The number of aryl methyl sites for hydroxylation is 1. The van der Waals surface area contributed by atoms with Crippen molar-refractivity contribution in [3.8, 4) is 10.4 Å². The van der Waals surface area contributed by atoms with E-state index in [1.807, 2.05) is 17.9 Å². The minimum atomic E-state index is -2.92. The van der Waals surface area contributed by atoms with Crippen molar-refractivity contribution < 1.29 is 18.0 Å². The minimum Gasteiger partial charge on any atom is -0.331 e. The molecule has 0 saturated heterocycles. The van der Waals surface area contributed by atoms with Crippen LogP contribution < -0.4 is 10.0 Å². The second-order valence-electron chi connectivity index (χ2n) is 7.55. The van der Waals surface area contributed by atoms with Crippen LogP contribution in [0.25, 0.3) is 10.4 Å². The van der Waals surface area contributed by atoms with Gasteiger partial charge in [0, 0.05) is 19.5 Å². The average Bonchev–Trinajstić information content (AvgIpc) is 3.33. The van der Waals surface area contributed by atoms with Crippen molar-refractivity contribution in [1.82, 2.24) is 9.88 Å². The molecule has 1 aliphatic heterocycles. The smallest absolute Gasteiger partial charge is 0.256 e. The zero-order chi connectivity index (χ0) is 20.9. The minimum absolute atomic E-state index is 0.128. The first-order valence-corrected chi connectivity index (χ1v) is 11.4. The highest BCUT2D eigenvalue weighted by Gasteiger charge is 2.40. The molecule has 2 N–H and O–H groups in total. The molecular weight excluding hydrogens is 412 g/mol. The standard InChI is InChI=1S/C19H22N4O4S2/c1-9-17(28-19(20-9)21-11(3)24)13-6-14-8-23(10(2)12-4-5-12)18(25)16(14)15(7-13)22-29(26)27/h6-7,10,12,29H,4-5,8H2,1-3H3,(H,20,21,24)(H,22,26,27)/t10-/m0/s1. The number of amides is 2. The van der Waals surface area contributed by atoms with Gasteiger partial charge in [0.15, 0.2) is 5.13 Å². The maximum absolute atomic E-state index is 13.0. The number of hydrogen-bond acceptors (Lipinski definition) is 6. The maximum atomic E-state index is 13.0. The Morgan fingerprint density at radius 2 is 2.07 bits per heavy atom. The first kappa shape index (κ1) is 19.8. The highest BCUT2D eigenvalue weighted by atomic mass is 32.2. The van der Waals surface area contributed by atoms with Gasteiger partial charge in [-0.25, -0.2) is 13.4 Å². The molecule has 8 nitrogen and oxygen atoms in total. The van der Waals surface area contributed by atoms with Gasteiger partial charge in [-0.3, -0.25) is 14.3 Å². The van der Waals surface area contributed by atoms with E-state index >= 15 is 0 Å². The fourth-order valence-corrected chi connectivity index (χ4v) is 5.20. The fraction of sp³-hybridized carbons (Fsp3) is 0.421. The second-order valence-corrected chi connectivity index (χ2v) is 9.29. The molecule has 2 amide bonds. The van der Waals surface area contributed by atoms with Crippen LogP contribution in [-0.4, -0.2) is 36.2 Å². The number of hydrogen-bond donors (Lipinski definition) is 3. The van der Waals surface area contributed by atoms with Crippen LogP contribution in [0.4, 0.5) is 10.8 Å². The molecule has 10 heteroatoms. The Hall–Kier alpha value is -2.46. The Bertz CT molecular complexity index is 1080. The summed E-state index contributed by atoms with van der Waals surface area (Å²) in [5.74, 6) is 0.176. The summed E-state index contributed by atoms with van der Waals surface area (Å²) < 4.78 is 25.2. The van der Waals surface area contributed by atoms with E-state index in [0.717, 1.165) is 34.5 Å². The van der Waals surface area contributed by atoms with Crippen LogP contribution in [0.3, 0.4) is 0 Å².